The maximum atomic E-state index is 12.7. The number of hydrogen-bond acceptors (Lipinski definition) is 4. The van der Waals surface area contributed by atoms with Gasteiger partial charge < -0.3 is 10.5 Å². The van der Waals surface area contributed by atoms with E-state index >= 15 is 0 Å². The van der Waals surface area contributed by atoms with Crippen molar-refractivity contribution in [3.8, 4) is 5.75 Å². The van der Waals surface area contributed by atoms with Crippen molar-refractivity contribution in [2.75, 3.05) is 19.7 Å². The third-order valence-electron chi connectivity index (χ3n) is 3.46. The van der Waals surface area contributed by atoms with Gasteiger partial charge in [0.1, 0.15) is 10.6 Å². The molecule has 1 heterocycles. The lowest BCUT2D eigenvalue weighted by molar-refractivity contribution is 0.329. The molecule has 7 heteroatoms. The minimum atomic E-state index is -3.58. The van der Waals surface area contributed by atoms with E-state index < -0.39 is 10.0 Å². The first-order valence-electron chi connectivity index (χ1n) is 6.54. The molecule has 0 bridgehead atoms. The highest BCUT2D eigenvalue weighted by Crippen LogP contribution is 2.32. The Labute approximate surface area is 128 Å². The number of hydrogen-bond donors (Lipinski definition) is 1. The smallest absolute Gasteiger partial charge is 0.246 e. The third-order valence-corrected chi connectivity index (χ3v) is 5.81. The average molecular weight is 363 g/mol. The molecule has 2 atom stereocenters. The van der Waals surface area contributed by atoms with Gasteiger partial charge in [-0.2, -0.15) is 4.31 Å². The van der Waals surface area contributed by atoms with E-state index in [-0.39, 0.29) is 16.9 Å². The van der Waals surface area contributed by atoms with Crippen LogP contribution in [0.3, 0.4) is 0 Å². The summed E-state index contributed by atoms with van der Waals surface area (Å²) < 4.78 is 33.1. The lowest BCUT2D eigenvalue weighted by atomic mass is 10.1. The second-order valence-electron chi connectivity index (χ2n) is 4.99. The highest BCUT2D eigenvalue weighted by atomic mass is 79.9. The van der Waals surface area contributed by atoms with Gasteiger partial charge in [-0.3, -0.25) is 0 Å². The average Bonchev–Trinajstić information content (AvgIpc) is 2.73. The van der Waals surface area contributed by atoms with Crippen molar-refractivity contribution in [2.45, 2.75) is 24.8 Å². The number of nitrogens with zero attached hydrogens (tertiary/aromatic N) is 1. The van der Waals surface area contributed by atoms with Crippen molar-refractivity contribution in [3.05, 3.63) is 22.7 Å². The Bertz CT molecular complexity index is 581. The first-order valence-corrected chi connectivity index (χ1v) is 8.77. The lowest BCUT2D eigenvalue weighted by Crippen LogP contribution is -2.32. The van der Waals surface area contributed by atoms with Crippen molar-refractivity contribution < 1.29 is 13.2 Å². The SMILES string of the molecule is CCOc1ccc(Br)cc1S(=O)(=O)N1CC(C)C(N)C1. The van der Waals surface area contributed by atoms with Gasteiger partial charge in [-0.05, 0) is 31.0 Å². The largest absolute Gasteiger partial charge is 0.492 e. The molecule has 1 saturated heterocycles. The number of sulfonamides is 1. The summed E-state index contributed by atoms with van der Waals surface area (Å²) in [6.07, 6.45) is 0. The highest BCUT2D eigenvalue weighted by molar-refractivity contribution is 9.10. The molecule has 2 unspecified atom stereocenters. The van der Waals surface area contributed by atoms with Crippen LogP contribution in [0.2, 0.25) is 0 Å². The van der Waals surface area contributed by atoms with E-state index in [1.807, 2.05) is 13.8 Å². The minimum absolute atomic E-state index is 0.118. The molecule has 20 heavy (non-hydrogen) atoms. The molecule has 1 aromatic carbocycles. The van der Waals surface area contributed by atoms with E-state index in [1.165, 1.54) is 4.31 Å². The first kappa shape index (κ1) is 15.8. The number of ether oxygens (including phenoxy) is 1. The molecule has 1 aliphatic rings. The molecule has 2 N–H and O–H groups in total. The van der Waals surface area contributed by atoms with Crippen LogP contribution in [0, 0.1) is 5.92 Å². The Hall–Kier alpha value is -0.630. The molecular weight excluding hydrogens is 344 g/mol. The van der Waals surface area contributed by atoms with Gasteiger partial charge in [0, 0.05) is 23.6 Å². The fourth-order valence-corrected chi connectivity index (χ4v) is 4.49. The van der Waals surface area contributed by atoms with Crippen molar-refractivity contribution in [1.82, 2.24) is 4.31 Å². The number of rotatable bonds is 4. The van der Waals surface area contributed by atoms with Gasteiger partial charge in [-0.15, -0.1) is 0 Å². The Morgan fingerprint density at radius 1 is 1.45 bits per heavy atom. The summed E-state index contributed by atoms with van der Waals surface area (Å²) in [5.41, 5.74) is 5.92. The predicted molar refractivity (Wildman–Crippen MR) is 81.2 cm³/mol. The third kappa shape index (κ3) is 3.00. The number of halogens is 1. The second kappa shape index (κ2) is 6.01. The molecule has 0 saturated carbocycles. The van der Waals surface area contributed by atoms with Crippen LogP contribution < -0.4 is 10.5 Å². The van der Waals surface area contributed by atoms with Crippen molar-refractivity contribution in [1.29, 1.82) is 0 Å². The van der Waals surface area contributed by atoms with Crippen LogP contribution in [-0.4, -0.2) is 38.5 Å². The summed E-state index contributed by atoms with van der Waals surface area (Å²) in [4.78, 5) is 0.190. The van der Waals surface area contributed by atoms with Crippen LogP contribution in [0.5, 0.6) is 5.75 Å². The summed E-state index contributed by atoms with van der Waals surface area (Å²) in [5.74, 6) is 0.538. The number of nitrogens with two attached hydrogens (primary N) is 1. The normalized spacial score (nSPS) is 24.0. The molecule has 5 nitrogen and oxygen atoms in total. The highest BCUT2D eigenvalue weighted by Gasteiger charge is 2.36. The molecule has 2 rings (SSSR count). The van der Waals surface area contributed by atoms with Gasteiger partial charge in [0.2, 0.25) is 10.0 Å². The molecule has 0 aliphatic carbocycles. The maximum absolute atomic E-state index is 12.7. The Balaban J connectivity index is 2.41. The van der Waals surface area contributed by atoms with Gasteiger partial charge in [-0.25, -0.2) is 8.42 Å². The van der Waals surface area contributed by atoms with Crippen LogP contribution >= 0.6 is 15.9 Å². The Morgan fingerprint density at radius 3 is 2.70 bits per heavy atom. The lowest BCUT2D eigenvalue weighted by Gasteiger charge is -2.18. The summed E-state index contributed by atoms with van der Waals surface area (Å²) in [6, 6.07) is 4.89. The quantitative estimate of drug-likeness (QED) is 0.886. The topological polar surface area (TPSA) is 72.6 Å². The van der Waals surface area contributed by atoms with E-state index in [4.69, 9.17) is 10.5 Å². The second-order valence-corrected chi connectivity index (χ2v) is 7.81. The summed E-state index contributed by atoms with van der Waals surface area (Å²) in [6.45, 7) is 5.00. The van der Waals surface area contributed by atoms with Crippen molar-refractivity contribution in [3.63, 3.8) is 0 Å². The fourth-order valence-electron chi connectivity index (χ4n) is 2.24. The van der Waals surface area contributed by atoms with Crippen LogP contribution in [0.15, 0.2) is 27.6 Å². The molecule has 0 aromatic heterocycles. The summed E-state index contributed by atoms with van der Waals surface area (Å²) >= 11 is 3.31. The van der Waals surface area contributed by atoms with Crippen molar-refractivity contribution >= 4 is 26.0 Å². The molecule has 112 valence electrons. The number of benzene rings is 1. The van der Waals surface area contributed by atoms with E-state index in [0.29, 0.717) is 29.9 Å². The zero-order chi connectivity index (χ0) is 14.9. The predicted octanol–water partition coefficient (Wildman–Crippen LogP) is 1.82. The molecule has 1 aliphatic heterocycles. The monoisotopic (exact) mass is 362 g/mol. The molecular formula is C13H19BrN2O3S. The Morgan fingerprint density at radius 2 is 2.15 bits per heavy atom. The minimum Gasteiger partial charge on any atom is -0.492 e. The zero-order valence-corrected chi connectivity index (χ0v) is 13.9. The maximum Gasteiger partial charge on any atom is 0.246 e. The van der Waals surface area contributed by atoms with E-state index in [9.17, 15) is 8.42 Å². The summed E-state index contributed by atoms with van der Waals surface area (Å²) in [5, 5.41) is 0. The van der Waals surface area contributed by atoms with Gasteiger partial charge in [0.25, 0.3) is 0 Å². The van der Waals surface area contributed by atoms with Crippen LogP contribution in [0.4, 0.5) is 0 Å². The van der Waals surface area contributed by atoms with E-state index in [2.05, 4.69) is 15.9 Å². The Kier molecular flexibility index (Phi) is 4.73. The molecule has 0 amide bonds. The molecule has 1 aromatic rings. The van der Waals surface area contributed by atoms with Crippen molar-refractivity contribution in [2.24, 2.45) is 11.7 Å². The molecule has 1 fully saturated rings. The van der Waals surface area contributed by atoms with Gasteiger partial charge in [0.05, 0.1) is 6.61 Å². The zero-order valence-electron chi connectivity index (χ0n) is 11.5. The van der Waals surface area contributed by atoms with Crippen LogP contribution in [0.25, 0.3) is 0 Å². The summed E-state index contributed by atoms with van der Waals surface area (Å²) in [7, 11) is -3.58. The van der Waals surface area contributed by atoms with Gasteiger partial charge >= 0.3 is 0 Å². The standard InChI is InChI=1S/C13H19BrN2O3S/c1-3-19-12-5-4-10(14)6-13(12)20(17,18)16-7-9(2)11(15)8-16/h4-6,9,11H,3,7-8,15H2,1-2H3. The van der Waals surface area contributed by atoms with Gasteiger partial charge in [-0.1, -0.05) is 22.9 Å². The van der Waals surface area contributed by atoms with E-state index in [1.54, 1.807) is 18.2 Å². The van der Waals surface area contributed by atoms with Crippen LogP contribution in [0.1, 0.15) is 13.8 Å². The first-order chi connectivity index (χ1) is 9.36. The van der Waals surface area contributed by atoms with Crippen LogP contribution in [-0.2, 0) is 10.0 Å². The van der Waals surface area contributed by atoms with Gasteiger partial charge in [0.15, 0.2) is 0 Å². The van der Waals surface area contributed by atoms with E-state index in [0.717, 1.165) is 0 Å². The fraction of sp³-hybridized carbons (Fsp3) is 0.538. The molecule has 0 spiro atoms. The molecule has 0 radical (unpaired) electrons.